The number of nitrogens with zero attached hydrogens (tertiary/aromatic N) is 5. The highest BCUT2D eigenvalue weighted by molar-refractivity contribution is 6.05. The SMILES string of the molecule is CCCC(=O)Oc1c(OC)c(C)cc2c1[C@@H]1C3Cc4c(O)c(C)c5c(c4[C@H](CN(C(=O)CCC)C(=O)[C@H](C)N(C(=O)CCC)C(=O)C(F)(F)F)N3[C@@H](C#N)[C@H](C2)N1C)OCO5. The number of ether oxygens (including phenoxy) is 4. The number of amides is 4. The summed E-state index contributed by atoms with van der Waals surface area (Å²) in [5.74, 6) is -5.51. The topological polar surface area (TPSA) is 179 Å². The number of carbonyl (C=O) groups is 5. The highest BCUT2D eigenvalue weighted by Gasteiger charge is 2.58. The van der Waals surface area contributed by atoms with Crippen molar-refractivity contribution in [3.63, 3.8) is 0 Å². The number of halogens is 3. The number of aryl methyl sites for hydroxylation is 1. The quantitative estimate of drug-likeness (QED) is 0.210. The maximum absolute atomic E-state index is 14.6. The number of alkyl halides is 3. The van der Waals surface area contributed by atoms with Crippen molar-refractivity contribution < 1.29 is 61.2 Å². The number of imide groups is 2. The number of methoxy groups -OCH3 is 1. The molecule has 0 spiro atoms. The van der Waals surface area contributed by atoms with Crippen LogP contribution in [0.25, 0.3) is 0 Å². The average molecular weight is 856 g/mol. The van der Waals surface area contributed by atoms with E-state index in [1.165, 1.54) is 14.0 Å². The van der Waals surface area contributed by atoms with Crippen molar-refractivity contribution in [2.45, 2.75) is 135 Å². The molecule has 15 nitrogen and oxygen atoms in total. The third kappa shape index (κ3) is 7.75. The number of esters is 1. The highest BCUT2D eigenvalue weighted by Crippen LogP contribution is 2.58. The van der Waals surface area contributed by atoms with Crippen LogP contribution < -0.4 is 18.9 Å². The summed E-state index contributed by atoms with van der Waals surface area (Å²) in [7, 11) is 3.32. The van der Waals surface area contributed by atoms with E-state index in [0.29, 0.717) is 46.4 Å². The lowest BCUT2D eigenvalue weighted by atomic mass is 9.71. The first-order valence-corrected chi connectivity index (χ1v) is 20.6. The minimum absolute atomic E-state index is 0.0750. The number of likely N-dealkylation sites (N-methyl/N-ethyl adjacent to an activating group) is 1. The molecule has 4 heterocycles. The molecule has 6 rings (SSSR count). The summed E-state index contributed by atoms with van der Waals surface area (Å²) in [4.78, 5) is 72.5. The molecule has 2 bridgehead atoms. The molecule has 2 aromatic carbocycles. The molecule has 0 radical (unpaired) electrons. The van der Waals surface area contributed by atoms with Gasteiger partial charge in [0.25, 0.3) is 5.91 Å². The Kier molecular flexibility index (Phi) is 13.0. The molecule has 1 saturated heterocycles. The van der Waals surface area contributed by atoms with Gasteiger partial charge in [-0.2, -0.15) is 18.4 Å². The molecule has 4 amide bonds. The second kappa shape index (κ2) is 17.5. The van der Waals surface area contributed by atoms with Gasteiger partial charge < -0.3 is 24.1 Å². The van der Waals surface area contributed by atoms with Crippen LogP contribution >= 0.6 is 0 Å². The zero-order valence-electron chi connectivity index (χ0n) is 35.6. The van der Waals surface area contributed by atoms with Gasteiger partial charge in [-0.05, 0) is 71.0 Å². The van der Waals surface area contributed by atoms with Gasteiger partial charge in [0, 0.05) is 60.1 Å². The predicted octanol–water partition coefficient (Wildman–Crippen LogP) is 5.48. The molecule has 0 aliphatic carbocycles. The summed E-state index contributed by atoms with van der Waals surface area (Å²) in [6.07, 6.45) is -4.89. The average Bonchev–Trinajstić information content (AvgIpc) is 3.69. The van der Waals surface area contributed by atoms with E-state index in [0.717, 1.165) is 17.4 Å². The second-order valence-corrected chi connectivity index (χ2v) is 16.1. The summed E-state index contributed by atoms with van der Waals surface area (Å²) in [5, 5.41) is 23.1. The third-order valence-corrected chi connectivity index (χ3v) is 12.3. The van der Waals surface area contributed by atoms with Gasteiger partial charge in [-0.3, -0.25) is 43.6 Å². The van der Waals surface area contributed by atoms with E-state index in [9.17, 15) is 47.5 Å². The summed E-state index contributed by atoms with van der Waals surface area (Å²) in [6, 6.07) is -1.70. The molecule has 2 aromatic rings. The van der Waals surface area contributed by atoms with E-state index in [1.807, 2.05) is 36.8 Å². The fourth-order valence-electron chi connectivity index (χ4n) is 9.62. The molecule has 4 aliphatic heterocycles. The predicted molar refractivity (Wildman–Crippen MR) is 211 cm³/mol. The summed E-state index contributed by atoms with van der Waals surface area (Å²) < 4.78 is 65.8. The van der Waals surface area contributed by atoms with Gasteiger partial charge in [0.1, 0.15) is 17.8 Å². The molecular formula is C43H52F3N5O10. The number of phenolic OH excluding ortho intramolecular Hbond substituents is 1. The van der Waals surface area contributed by atoms with E-state index >= 15 is 0 Å². The number of hydrogen-bond donors (Lipinski definition) is 1. The van der Waals surface area contributed by atoms with Crippen molar-refractivity contribution in [1.29, 1.82) is 5.26 Å². The molecule has 6 atom stereocenters. The Hall–Kier alpha value is -5.41. The van der Waals surface area contributed by atoms with Gasteiger partial charge in [0.05, 0.1) is 25.3 Å². The van der Waals surface area contributed by atoms with Gasteiger partial charge >= 0.3 is 18.1 Å². The second-order valence-electron chi connectivity index (χ2n) is 16.1. The minimum atomic E-state index is -5.52. The largest absolute Gasteiger partial charge is 0.507 e. The maximum atomic E-state index is 14.6. The lowest BCUT2D eigenvalue weighted by Gasteiger charge is -2.60. The standard InChI is InChI=1S/C43H52F3N5O10/c1-9-12-30(52)49(41(56)23(6)50(31(53)13-10-2)42(57)43(44,45)46)19-29-34-25(36(55)22(5)38-39(34)60-20-59-38)17-27-35-33-24(16-26(48(35)7)28(18-47)51(27)29)15-21(4)37(58-8)40(33)61-32(54)14-11-3/h15,23,26-29,35,55H,9-14,16-17,19-20H2,1-8H3/t23-,26-,27?,28-,29-,35-/m0/s1. The van der Waals surface area contributed by atoms with Gasteiger partial charge in [-0.15, -0.1) is 0 Å². The normalized spacial score (nSPS) is 21.9. The van der Waals surface area contributed by atoms with Crippen LogP contribution in [0.1, 0.15) is 112 Å². The summed E-state index contributed by atoms with van der Waals surface area (Å²) in [5.41, 5.74) is 3.17. The first-order valence-electron chi connectivity index (χ1n) is 20.6. The molecule has 330 valence electrons. The lowest BCUT2D eigenvalue weighted by molar-refractivity contribution is -0.191. The lowest BCUT2D eigenvalue weighted by Crippen LogP contribution is -2.69. The zero-order valence-corrected chi connectivity index (χ0v) is 35.6. The van der Waals surface area contributed by atoms with Crippen LogP contribution in [0.4, 0.5) is 13.2 Å². The molecule has 1 N–H and O–H groups in total. The third-order valence-electron chi connectivity index (χ3n) is 12.3. The number of piperazine rings is 1. The Morgan fingerprint density at radius 2 is 1.61 bits per heavy atom. The van der Waals surface area contributed by atoms with Gasteiger partial charge in [-0.1, -0.05) is 26.8 Å². The number of fused-ring (bicyclic) bond motifs is 9. The van der Waals surface area contributed by atoms with E-state index in [-0.39, 0.29) is 66.8 Å². The molecule has 0 saturated carbocycles. The van der Waals surface area contributed by atoms with Gasteiger partial charge in [0.15, 0.2) is 23.0 Å². The Morgan fingerprint density at radius 1 is 0.967 bits per heavy atom. The number of carbonyl (C=O) groups excluding carboxylic acids is 5. The number of phenols is 1. The Balaban J connectivity index is 1.58. The summed E-state index contributed by atoms with van der Waals surface area (Å²) >= 11 is 0. The molecular weight excluding hydrogens is 803 g/mol. The van der Waals surface area contributed by atoms with Crippen molar-refractivity contribution in [1.82, 2.24) is 19.6 Å². The maximum Gasteiger partial charge on any atom is 0.471 e. The van der Waals surface area contributed by atoms with Gasteiger partial charge in [0.2, 0.25) is 18.6 Å². The van der Waals surface area contributed by atoms with E-state index < -0.39 is 85.0 Å². The van der Waals surface area contributed by atoms with Crippen molar-refractivity contribution >= 4 is 29.6 Å². The van der Waals surface area contributed by atoms with Crippen molar-refractivity contribution in [2.75, 3.05) is 27.5 Å². The van der Waals surface area contributed by atoms with Crippen LogP contribution in [-0.2, 0) is 36.8 Å². The Bertz CT molecular complexity index is 2170. The molecule has 1 fully saturated rings. The smallest absolute Gasteiger partial charge is 0.471 e. The fourth-order valence-corrected chi connectivity index (χ4v) is 9.62. The molecule has 18 heteroatoms. The first-order chi connectivity index (χ1) is 28.9. The number of nitriles is 1. The van der Waals surface area contributed by atoms with E-state index in [1.54, 1.807) is 13.8 Å². The van der Waals surface area contributed by atoms with Crippen LogP contribution in [0, 0.1) is 25.2 Å². The van der Waals surface area contributed by atoms with Crippen molar-refractivity contribution in [3.05, 3.63) is 39.4 Å². The van der Waals surface area contributed by atoms with Crippen LogP contribution in [0.2, 0.25) is 0 Å². The van der Waals surface area contributed by atoms with E-state index in [4.69, 9.17) is 18.9 Å². The monoisotopic (exact) mass is 855 g/mol. The molecule has 1 unspecified atom stereocenters. The first kappa shape index (κ1) is 45.1. The molecule has 0 aromatic heterocycles. The Labute approximate surface area is 352 Å². The van der Waals surface area contributed by atoms with Crippen molar-refractivity contribution in [2.24, 2.45) is 0 Å². The zero-order chi connectivity index (χ0) is 44.8. The highest BCUT2D eigenvalue weighted by atomic mass is 19.4. The number of benzene rings is 2. The number of aromatic hydroxyl groups is 1. The molecule has 4 aliphatic rings. The number of hydrogen-bond acceptors (Lipinski definition) is 13. The van der Waals surface area contributed by atoms with E-state index in [2.05, 4.69) is 6.07 Å². The van der Waals surface area contributed by atoms with Crippen LogP contribution in [0.15, 0.2) is 6.07 Å². The summed E-state index contributed by atoms with van der Waals surface area (Å²) in [6.45, 7) is 8.67. The van der Waals surface area contributed by atoms with Crippen LogP contribution in [-0.4, -0.2) is 112 Å². The van der Waals surface area contributed by atoms with Crippen LogP contribution in [0.3, 0.4) is 0 Å². The molecule has 61 heavy (non-hydrogen) atoms. The number of rotatable bonds is 12. The van der Waals surface area contributed by atoms with Gasteiger partial charge in [-0.25, -0.2) is 0 Å². The van der Waals surface area contributed by atoms with Crippen molar-refractivity contribution in [3.8, 4) is 34.8 Å². The van der Waals surface area contributed by atoms with Crippen LogP contribution in [0.5, 0.6) is 28.7 Å². The fraction of sp³-hybridized carbons (Fsp3) is 0.581. The Morgan fingerprint density at radius 3 is 2.21 bits per heavy atom. The minimum Gasteiger partial charge on any atom is -0.507 e.